The smallest absolute Gasteiger partial charge is 0.410 e. The lowest BCUT2D eigenvalue weighted by Crippen LogP contribution is -2.44. The first-order valence-corrected chi connectivity index (χ1v) is 16.4. The van der Waals surface area contributed by atoms with Gasteiger partial charge in [0.25, 0.3) is 5.91 Å². The Morgan fingerprint density at radius 3 is 2.48 bits per heavy atom. The number of rotatable bonds is 10. The number of carbonyl (C=O) groups is 3. The average Bonchev–Trinajstić information content (AvgIpc) is 2.93. The molecule has 0 saturated heterocycles. The summed E-state index contributed by atoms with van der Waals surface area (Å²) in [6.07, 6.45) is 5.54. The molecule has 2 amide bonds. The normalized spacial score (nSPS) is 14.2. The molecule has 0 aromatic heterocycles. The first-order valence-electron chi connectivity index (χ1n) is 13.7. The van der Waals surface area contributed by atoms with Gasteiger partial charge in [0.1, 0.15) is 18.2 Å². The molecule has 0 saturated carbocycles. The molecule has 0 bridgehead atoms. The summed E-state index contributed by atoms with van der Waals surface area (Å²) in [5.41, 5.74) is 1.70. The van der Waals surface area contributed by atoms with Crippen LogP contribution in [-0.2, 0) is 43.5 Å². The standard InChI is InChI=1S/C32H36Cl2N2O7S/c1-7-10-20(8-2)19-42-30(38)26(16-21-11-9-12-23(15-21)44(6,40)41)35-29(37)27-25(33)17-22-18-36(14-13-24(22)28(27)34)31(39)43-32(3,4)5/h7-12,15,17,26H,1-2,13-14,16,18-19H2,3-6H3,(H,35,37)/b20-10+/t26-/m0/s1. The van der Waals surface area contributed by atoms with Crippen LogP contribution in [0.3, 0.4) is 0 Å². The quantitative estimate of drug-likeness (QED) is 0.249. The molecule has 3 rings (SSSR count). The van der Waals surface area contributed by atoms with Crippen molar-refractivity contribution in [2.45, 2.75) is 56.7 Å². The molecule has 0 radical (unpaired) electrons. The fourth-order valence-corrected chi connectivity index (χ4v) is 5.94. The van der Waals surface area contributed by atoms with Gasteiger partial charge in [-0.05, 0) is 67.7 Å². The molecule has 2 aromatic carbocycles. The maximum absolute atomic E-state index is 13.6. The third-order valence-corrected chi connectivity index (χ3v) is 8.44. The number of hydrogen-bond donors (Lipinski definition) is 1. The number of nitrogens with one attached hydrogen (secondary N) is 1. The summed E-state index contributed by atoms with van der Waals surface area (Å²) in [6, 6.07) is 6.42. The van der Waals surface area contributed by atoms with Crippen molar-refractivity contribution in [1.82, 2.24) is 10.2 Å². The van der Waals surface area contributed by atoms with E-state index in [0.717, 1.165) is 6.26 Å². The Labute approximate surface area is 268 Å². The Hall–Kier alpha value is -3.60. The van der Waals surface area contributed by atoms with E-state index in [1.165, 1.54) is 29.2 Å². The number of carbonyl (C=O) groups excluding carboxylic acids is 3. The van der Waals surface area contributed by atoms with Crippen molar-refractivity contribution < 1.29 is 32.3 Å². The van der Waals surface area contributed by atoms with Gasteiger partial charge in [-0.15, -0.1) is 0 Å². The van der Waals surface area contributed by atoms with Gasteiger partial charge in [-0.2, -0.15) is 0 Å². The van der Waals surface area contributed by atoms with E-state index in [9.17, 15) is 22.8 Å². The molecule has 0 unspecified atom stereocenters. The second-order valence-corrected chi connectivity index (χ2v) is 14.1. The predicted octanol–water partition coefficient (Wildman–Crippen LogP) is 5.87. The summed E-state index contributed by atoms with van der Waals surface area (Å²) < 4.78 is 35.2. The first-order chi connectivity index (χ1) is 20.5. The number of hydrogen-bond acceptors (Lipinski definition) is 7. The topological polar surface area (TPSA) is 119 Å². The van der Waals surface area contributed by atoms with E-state index < -0.39 is 39.4 Å². The maximum Gasteiger partial charge on any atom is 0.410 e. The van der Waals surface area contributed by atoms with Gasteiger partial charge < -0.3 is 19.7 Å². The van der Waals surface area contributed by atoms with Crippen LogP contribution in [0, 0.1) is 0 Å². The lowest BCUT2D eigenvalue weighted by Gasteiger charge is -2.32. The van der Waals surface area contributed by atoms with Crippen molar-refractivity contribution in [2.75, 3.05) is 19.4 Å². The molecule has 1 aliphatic rings. The van der Waals surface area contributed by atoms with Crippen LogP contribution < -0.4 is 5.32 Å². The van der Waals surface area contributed by atoms with Crippen LogP contribution in [0.4, 0.5) is 4.79 Å². The Morgan fingerprint density at radius 1 is 1.16 bits per heavy atom. The van der Waals surface area contributed by atoms with Crippen molar-refractivity contribution in [1.29, 1.82) is 0 Å². The zero-order valence-electron chi connectivity index (χ0n) is 25.1. The largest absolute Gasteiger partial charge is 0.459 e. The Bertz CT molecular complexity index is 1610. The molecule has 9 nitrogen and oxygen atoms in total. The minimum absolute atomic E-state index is 0.0289. The summed E-state index contributed by atoms with van der Waals surface area (Å²) >= 11 is 13.3. The number of benzene rings is 2. The molecule has 1 N–H and O–H groups in total. The fraction of sp³-hybridized carbons (Fsp3) is 0.344. The average molecular weight is 664 g/mol. The number of allylic oxidation sites excluding steroid dienone is 2. The maximum atomic E-state index is 13.6. The van der Waals surface area contributed by atoms with Crippen molar-refractivity contribution >= 4 is 51.0 Å². The Morgan fingerprint density at radius 2 is 1.86 bits per heavy atom. The highest BCUT2D eigenvalue weighted by Crippen LogP contribution is 2.35. The van der Waals surface area contributed by atoms with Gasteiger partial charge in [0.05, 0.1) is 20.5 Å². The number of fused-ring (bicyclic) bond motifs is 1. The highest BCUT2D eigenvalue weighted by atomic mass is 35.5. The van der Waals surface area contributed by atoms with E-state index in [4.69, 9.17) is 32.7 Å². The van der Waals surface area contributed by atoms with E-state index in [0.29, 0.717) is 35.2 Å². The van der Waals surface area contributed by atoms with E-state index in [1.807, 2.05) is 0 Å². The first kappa shape index (κ1) is 34.9. The van der Waals surface area contributed by atoms with Crippen molar-refractivity contribution in [3.05, 3.63) is 99.6 Å². The molecule has 0 spiro atoms. The molecular weight excluding hydrogens is 627 g/mol. The van der Waals surface area contributed by atoms with Crippen LogP contribution in [0.2, 0.25) is 10.0 Å². The molecular formula is C32H36Cl2N2O7S. The molecule has 1 atom stereocenters. The number of amides is 2. The molecule has 1 heterocycles. The van der Waals surface area contributed by atoms with Crippen LogP contribution in [-0.4, -0.2) is 62.3 Å². The predicted molar refractivity (Wildman–Crippen MR) is 171 cm³/mol. The molecule has 0 fully saturated rings. The van der Waals surface area contributed by atoms with Crippen LogP contribution in [0.15, 0.2) is 72.2 Å². The lowest BCUT2D eigenvalue weighted by atomic mass is 9.96. The third kappa shape index (κ3) is 9.20. The fourth-order valence-electron chi connectivity index (χ4n) is 4.49. The molecule has 44 heavy (non-hydrogen) atoms. The highest BCUT2D eigenvalue weighted by Gasteiger charge is 2.31. The molecule has 1 aliphatic heterocycles. The Kier molecular flexibility index (Phi) is 11.5. The summed E-state index contributed by atoms with van der Waals surface area (Å²) in [4.78, 5) is 41.1. The van der Waals surface area contributed by atoms with Gasteiger partial charge in [0.2, 0.25) is 0 Å². The number of nitrogens with zero attached hydrogens (tertiary/aromatic N) is 1. The highest BCUT2D eigenvalue weighted by molar-refractivity contribution is 7.90. The van der Waals surface area contributed by atoms with Gasteiger partial charge in [0.15, 0.2) is 9.84 Å². The second kappa shape index (κ2) is 14.5. The Balaban J connectivity index is 1.90. The van der Waals surface area contributed by atoms with Crippen LogP contribution in [0.25, 0.3) is 0 Å². The SMILES string of the molecule is C=C/C=C(\C=C)COC(=O)[C@H](Cc1cccc(S(C)(=O)=O)c1)NC(=O)c1c(Cl)cc2c(c1Cl)CCN(C(=O)OC(C)(C)C)C2. The number of sulfone groups is 1. The van der Waals surface area contributed by atoms with Crippen LogP contribution >= 0.6 is 23.2 Å². The van der Waals surface area contributed by atoms with E-state index in [1.54, 1.807) is 45.0 Å². The summed E-state index contributed by atoms with van der Waals surface area (Å²) in [6.45, 7) is 13.0. The van der Waals surface area contributed by atoms with Gasteiger partial charge >= 0.3 is 12.1 Å². The number of ether oxygens (including phenoxy) is 2. The zero-order valence-corrected chi connectivity index (χ0v) is 27.4. The third-order valence-electron chi connectivity index (χ3n) is 6.62. The summed E-state index contributed by atoms with van der Waals surface area (Å²) in [7, 11) is -3.52. The van der Waals surface area contributed by atoms with Gasteiger partial charge in [0, 0.05) is 25.8 Å². The van der Waals surface area contributed by atoms with Gasteiger partial charge in [-0.25, -0.2) is 18.0 Å². The van der Waals surface area contributed by atoms with Crippen molar-refractivity contribution in [3.8, 4) is 0 Å². The number of halogens is 2. The van der Waals surface area contributed by atoms with Crippen molar-refractivity contribution in [2.24, 2.45) is 0 Å². The molecule has 0 aliphatic carbocycles. The van der Waals surface area contributed by atoms with E-state index in [2.05, 4.69) is 18.5 Å². The summed E-state index contributed by atoms with van der Waals surface area (Å²) in [5.74, 6) is -1.48. The van der Waals surface area contributed by atoms with Crippen LogP contribution in [0.1, 0.15) is 47.8 Å². The molecule has 2 aromatic rings. The van der Waals surface area contributed by atoms with Gasteiger partial charge in [-0.3, -0.25) is 4.79 Å². The molecule has 236 valence electrons. The van der Waals surface area contributed by atoms with E-state index in [-0.39, 0.29) is 40.1 Å². The minimum atomic E-state index is -3.52. The minimum Gasteiger partial charge on any atom is -0.459 e. The lowest BCUT2D eigenvalue weighted by molar-refractivity contribution is -0.144. The van der Waals surface area contributed by atoms with Crippen molar-refractivity contribution in [3.63, 3.8) is 0 Å². The van der Waals surface area contributed by atoms with E-state index >= 15 is 0 Å². The second-order valence-electron chi connectivity index (χ2n) is 11.3. The summed E-state index contributed by atoms with van der Waals surface area (Å²) in [5, 5.41) is 2.82. The zero-order chi connectivity index (χ0) is 32.8. The van der Waals surface area contributed by atoms with Crippen LogP contribution in [0.5, 0.6) is 0 Å². The monoisotopic (exact) mass is 662 g/mol. The molecule has 12 heteroatoms. The van der Waals surface area contributed by atoms with Gasteiger partial charge in [-0.1, -0.05) is 66.7 Å². The number of esters is 1.